The maximum absolute atomic E-state index is 12.2. The molecule has 12 heterocycles. The Morgan fingerprint density at radius 3 is 0.533 bits per heavy atom. The fourth-order valence-corrected chi connectivity index (χ4v) is 6.36. The number of pyridine rings is 4. The second-order valence-electron chi connectivity index (χ2n) is 17.8. The number of halogens is 12. The Morgan fingerprint density at radius 1 is 0.250 bits per heavy atom. The van der Waals surface area contributed by atoms with Crippen molar-refractivity contribution in [2.24, 2.45) is 0 Å². The van der Waals surface area contributed by atoms with E-state index in [2.05, 4.69) is 102 Å². The van der Waals surface area contributed by atoms with E-state index >= 15 is 0 Å². The van der Waals surface area contributed by atoms with Gasteiger partial charge in [-0.05, 0) is 100 Å². The monoisotopic (exact) mass is 2010 g/mol. The van der Waals surface area contributed by atoms with Crippen LogP contribution < -0.4 is 40.8 Å². The summed E-state index contributed by atoms with van der Waals surface area (Å²) in [6.45, 7) is 15.4. The largest absolute Gasteiger partial charge is 2.00 e. The van der Waals surface area contributed by atoms with Crippen molar-refractivity contribution >= 4 is 0 Å². The number of aromatic nitrogens is 20. The molecule has 496 valence electrons. The molecule has 0 aliphatic rings. The molecule has 12 aromatic heterocycles. The zero-order chi connectivity index (χ0) is 64.7. The van der Waals surface area contributed by atoms with E-state index in [4.69, 9.17) is 0 Å². The van der Waals surface area contributed by atoms with Gasteiger partial charge in [0.25, 0.3) is 0 Å². The smallest absolute Gasteiger partial charge is 0.579 e. The molecule has 0 fully saturated rings. The quantitative estimate of drug-likeness (QED) is 0.148. The maximum atomic E-state index is 12.2. The minimum Gasteiger partial charge on any atom is -0.579 e. The SMILES string of the molecule is Cc1cc(C)[n-]n1.Cc1cc(C)[n-]n1.Cc1cc(C)[n-]n1.Cc1cc(C)[n-]n1.FC(F)(F)c1cc(-c2ccccn2)[n-]n1.FC(F)(F)c1cc(-c2ccccn2)[n-]n1.FC(F)(F)c1cc(-c2ccccn2)[n-]n1.FC(F)(F)c1cc(-c2ccccn2)[n-]n1.[Pt+2].[Pt+2].[Pt+2].[Pt+2]. The Bertz CT molecular complexity index is 3320. The van der Waals surface area contributed by atoms with Crippen LogP contribution in [0.4, 0.5) is 52.7 Å². The van der Waals surface area contributed by atoms with Crippen molar-refractivity contribution < 1.29 is 137 Å². The van der Waals surface area contributed by atoms with Gasteiger partial charge in [-0.15, -0.1) is 22.8 Å². The Hall–Kier alpha value is -7.81. The molecule has 12 aromatic rings. The molecular formula is C56H48F12N20Pt4. The first kappa shape index (κ1) is 82.2. The van der Waals surface area contributed by atoms with Crippen molar-refractivity contribution in [3.8, 4) is 45.6 Å². The van der Waals surface area contributed by atoms with Gasteiger partial charge in [0, 0.05) is 70.3 Å². The van der Waals surface area contributed by atoms with Crippen molar-refractivity contribution in [3.05, 3.63) is 214 Å². The van der Waals surface area contributed by atoms with Crippen molar-refractivity contribution in [1.82, 2.24) is 102 Å². The second-order valence-corrected chi connectivity index (χ2v) is 17.8. The van der Waals surface area contributed by atoms with Gasteiger partial charge in [-0.25, -0.2) is 0 Å². The molecule has 0 bridgehead atoms. The molecule has 12 rings (SSSR count). The van der Waals surface area contributed by atoms with E-state index in [1.165, 1.54) is 24.8 Å². The van der Waals surface area contributed by atoms with E-state index in [-0.39, 0.29) is 107 Å². The van der Waals surface area contributed by atoms with Crippen LogP contribution in [0.5, 0.6) is 0 Å². The van der Waals surface area contributed by atoms with E-state index in [1.807, 2.05) is 79.7 Å². The third-order valence-electron chi connectivity index (χ3n) is 10.2. The van der Waals surface area contributed by atoms with E-state index < -0.39 is 47.5 Å². The predicted molar refractivity (Wildman–Crippen MR) is 291 cm³/mol. The van der Waals surface area contributed by atoms with E-state index in [0.717, 1.165) is 69.8 Å². The number of hydrogen-bond donors (Lipinski definition) is 0. The van der Waals surface area contributed by atoms with Gasteiger partial charge in [-0.3, -0.25) is 19.9 Å². The fraction of sp³-hybridized carbons (Fsp3) is 0.214. The molecule has 0 radical (unpaired) electrons. The standard InChI is InChI=1S/4C9H5F3N3.4C5H7N2.4Pt/c4*10-9(11,12)8-5-7(14-15-8)6-3-1-2-4-13-6;4*1-4-3-5(2)7-6-4;;;;/h4*1-5H;4*3H,1-2H3;;;;/q8*-1;4*+2. The summed E-state index contributed by atoms with van der Waals surface area (Å²) in [5.41, 5.74) is 6.01. The fourth-order valence-electron chi connectivity index (χ4n) is 6.36. The van der Waals surface area contributed by atoms with Crippen LogP contribution in [0.25, 0.3) is 45.6 Å². The van der Waals surface area contributed by atoms with Gasteiger partial charge in [0.15, 0.2) is 0 Å². The van der Waals surface area contributed by atoms with Crippen LogP contribution in [0, 0.1) is 55.4 Å². The van der Waals surface area contributed by atoms with Crippen LogP contribution in [0.15, 0.2) is 146 Å². The third kappa shape index (κ3) is 29.2. The molecule has 0 saturated heterocycles. The first-order valence-corrected chi connectivity index (χ1v) is 25.1. The van der Waals surface area contributed by atoms with Crippen molar-refractivity contribution in [1.29, 1.82) is 0 Å². The van der Waals surface area contributed by atoms with Crippen LogP contribution in [0.2, 0.25) is 0 Å². The topological polar surface area (TPSA) is 267 Å². The summed E-state index contributed by atoms with van der Waals surface area (Å²) >= 11 is 0. The average Bonchev–Trinajstić information content (AvgIpc) is 1.93. The van der Waals surface area contributed by atoms with Crippen molar-refractivity contribution in [2.75, 3.05) is 0 Å². The Balaban J connectivity index is 0.000000534. The maximum Gasteiger partial charge on any atom is 2.00 e. The molecule has 0 amide bonds. The van der Waals surface area contributed by atoms with E-state index in [0.29, 0.717) is 22.8 Å². The molecular weight excluding hydrogens is 1960 g/mol. The predicted octanol–water partition coefficient (Wildman–Crippen LogP) is 11.1. The molecule has 0 N–H and O–H groups in total. The van der Waals surface area contributed by atoms with Gasteiger partial charge in [0.05, 0.1) is 0 Å². The van der Waals surface area contributed by atoms with Gasteiger partial charge in [-0.2, -0.15) is 52.7 Å². The summed E-state index contributed by atoms with van der Waals surface area (Å²) in [4.78, 5) is 15.5. The molecule has 92 heavy (non-hydrogen) atoms. The Labute approximate surface area is 574 Å². The zero-order valence-corrected chi connectivity index (χ0v) is 57.7. The second kappa shape index (κ2) is 38.9. The molecule has 0 saturated carbocycles. The van der Waals surface area contributed by atoms with Crippen LogP contribution >= 0.6 is 0 Å². The summed E-state index contributed by atoms with van der Waals surface area (Å²) < 4.78 is 146. The molecule has 36 heteroatoms. The number of aryl methyl sites for hydroxylation is 8. The van der Waals surface area contributed by atoms with Crippen LogP contribution in [0.1, 0.15) is 68.3 Å². The van der Waals surface area contributed by atoms with E-state index in [1.54, 1.807) is 72.8 Å². The molecule has 0 spiro atoms. The van der Waals surface area contributed by atoms with Crippen molar-refractivity contribution in [3.63, 3.8) is 0 Å². The number of alkyl halides is 12. The molecule has 0 unspecified atom stereocenters. The molecule has 0 aromatic carbocycles. The van der Waals surface area contributed by atoms with Gasteiger partial charge in [0.2, 0.25) is 0 Å². The van der Waals surface area contributed by atoms with Gasteiger partial charge >= 0.3 is 109 Å². The molecule has 0 atom stereocenters. The minimum absolute atomic E-state index is 0. The molecule has 20 nitrogen and oxygen atoms in total. The average molecular weight is 2010 g/mol. The summed E-state index contributed by atoms with van der Waals surface area (Å²) in [6.07, 6.45) is -11.9. The summed E-state index contributed by atoms with van der Waals surface area (Å²) in [6, 6.07) is 30.9. The van der Waals surface area contributed by atoms with Crippen LogP contribution in [0.3, 0.4) is 0 Å². The van der Waals surface area contributed by atoms with Crippen LogP contribution in [-0.4, -0.2) is 60.7 Å². The summed E-state index contributed by atoms with van der Waals surface area (Å²) in [5.74, 6) is 0. The Kier molecular flexibility index (Phi) is 34.8. The minimum atomic E-state index is -4.46. The third-order valence-corrected chi connectivity index (χ3v) is 10.2. The first-order valence-electron chi connectivity index (χ1n) is 25.1. The van der Waals surface area contributed by atoms with Gasteiger partial charge < -0.3 is 81.6 Å². The zero-order valence-electron chi connectivity index (χ0n) is 48.6. The van der Waals surface area contributed by atoms with Gasteiger partial charge in [-0.1, -0.05) is 99.0 Å². The Morgan fingerprint density at radius 2 is 0.435 bits per heavy atom. The first-order chi connectivity index (χ1) is 41.4. The summed E-state index contributed by atoms with van der Waals surface area (Å²) in [7, 11) is 0. The number of hydrogen-bond acceptors (Lipinski definition) is 12. The normalized spacial score (nSPS) is 10.5. The molecule has 0 aliphatic carbocycles. The van der Waals surface area contributed by atoms with Gasteiger partial charge in [0.1, 0.15) is 22.8 Å². The van der Waals surface area contributed by atoms with E-state index in [9.17, 15) is 52.7 Å². The molecule has 0 aliphatic heterocycles. The summed E-state index contributed by atoms with van der Waals surface area (Å²) in [5, 5.41) is 56.0. The number of rotatable bonds is 4. The van der Waals surface area contributed by atoms with Crippen molar-refractivity contribution in [2.45, 2.75) is 80.1 Å². The number of nitrogens with zero attached hydrogens (tertiary/aromatic N) is 20. The van der Waals surface area contributed by atoms with Crippen LogP contribution in [-0.2, 0) is 109 Å².